The van der Waals surface area contributed by atoms with Crippen molar-refractivity contribution in [2.75, 3.05) is 6.16 Å². The average molecular weight is 208 g/mol. The summed E-state index contributed by atoms with van der Waals surface area (Å²) >= 11 is 0. The lowest BCUT2D eigenvalue weighted by Gasteiger charge is -2.32. The van der Waals surface area contributed by atoms with E-state index in [9.17, 15) is 9.46 Å². The molecule has 0 amide bonds. The molecule has 0 bridgehead atoms. The molecule has 80 valence electrons. The largest absolute Gasteiger partial charge is 0.328 e. The van der Waals surface area contributed by atoms with Gasteiger partial charge in [-0.05, 0) is 19.3 Å². The van der Waals surface area contributed by atoms with Gasteiger partial charge < -0.3 is 9.42 Å². The Hall–Kier alpha value is 0.150. The SMILES string of the molecule is CCC(CC)(CC)OP(=O)(O)CC. The maximum Gasteiger partial charge on any atom is 0.328 e. The fraction of sp³-hybridized carbons (Fsp3) is 1.00. The number of hydrogen-bond donors (Lipinski definition) is 1. The van der Waals surface area contributed by atoms with Crippen molar-refractivity contribution in [3.8, 4) is 0 Å². The van der Waals surface area contributed by atoms with Crippen LogP contribution < -0.4 is 0 Å². The molecule has 0 spiro atoms. The van der Waals surface area contributed by atoms with E-state index in [0.717, 1.165) is 19.3 Å². The zero-order chi connectivity index (χ0) is 10.5. The second-order valence-corrected chi connectivity index (χ2v) is 5.38. The van der Waals surface area contributed by atoms with Crippen LogP contribution in [0.3, 0.4) is 0 Å². The fourth-order valence-corrected chi connectivity index (χ4v) is 2.43. The topological polar surface area (TPSA) is 46.5 Å². The molecule has 0 aromatic heterocycles. The van der Waals surface area contributed by atoms with Crippen molar-refractivity contribution in [3.63, 3.8) is 0 Å². The molecule has 0 rings (SSSR count). The lowest BCUT2D eigenvalue weighted by molar-refractivity contribution is 0.0442. The van der Waals surface area contributed by atoms with Gasteiger partial charge in [-0.25, -0.2) is 0 Å². The minimum Gasteiger partial charge on any atom is -0.324 e. The molecular formula is C9H21O3P. The highest BCUT2D eigenvalue weighted by molar-refractivity contribution is 7.52. The van der Waals surface area contributed by atoms with E-state index in [0.29, 0.717) is 0 Å². The third-order valence-corrected chi connectivity index (χ3v) is 4.14. The lowest BCUT2D eigenvalue weighted by atomic mass is 9.95. The van der Waals surface area contributed by atoms with Gasteiger partial charge in [0.25, 0.3) is 0 Å². The van der Waals surface area contributed by atoms with Crippen LogP contribution in [0.1, 0.15) is 47.0 Å². The minimum atomic E-state index is -3.34. The first-order chi connectivity index (χ1) is 5.95. The summed E-state index contributed by atoms with van der Waals surface area (Å²) < 4.78 is 16.7. The predicted octanol–water partition coefficient (Wildman–Crippen LogP) is 3.18. The summed E-state index contributed by atoms with van der Waals surface area (Å²) in [5.74, 6) is 0. The van der Waals surface area contributed by atoms with Crippen molar-refractivity contribution >= 4 is 7.60 Å². The van der Waals surface area contributed by atoms with Gasteiger partial charge in [0, 0.05) is 6.16 Å². The van der Waals surface area contributed by atoms with Crippen LogP contribution in [0.15, 0.2) is 0 Å². The number of hydrogen-bond acceptors (Lipinski definition) is 2. The van der Waals surface area contributed by atoms with Crippen LogP contribution in [0, 0.1) is 0 Å². The first-order valence-electron chi connectivity index (χ1n) is 4.97. The van der Waals surface area contributed by atoms with Gasteiger partial charge in [-0.1, -0.05) is 27.7 Å². The predicted molar refractivity (Wildman–Crippen MR) is 55.1 cm³/mol. The molecule has 0 radical (unpaired) electrons. The van der Waals surface area contributed by atoms with E-state index in [1.807, 2.05) is 20.8 Å². The Balaban J connectivity index is 4.51. The van der Waals surface area contributed by atoms with E-state index in [1.54, 1.807) is 6.92 Å². The van der Waals surface area contributed by atoms with Gasteiger partial charge >= 0.3 is 7.60 Å². The van der Waals surface area contributed by atoms with E-state index in [-0.39, 0.29) is 6.16 Å². The molecule has 3 nitrogen and oxygen atoms in total. The van der Waals surface area contributed by atoms with Crippen LogP contribution in [-0.4, -0.2) is 16.7 Å². The van der Waals surface area contributed by atoms with Crippen LogP contribution in [0.25, 0.3) is 0 Å². The van der Waals surface area contributed by atoms with E-state index in [1.165, 1.54) is 0 Å². The van der Waals surface area contributed by atoms with Crippen molar-refractivity contribution in [2.24, 2.45) is 0 Å². The Morgan fingerprint density at radius 3 is 1.77 bits per heavy atom. The molecule has 1 unspecified atom stereocenters. The normalized spacial score (nSPS) is 17.0. The molecule has 0 saturated carbocycles. The Morgan fingerprint density at radius 2 is 1.54 bits per heavy atom. The average Bonchev–Trinajstić information content (AvgIpc) is 2.14. The molecule has 0 aromatic carbocycles. The van der Waals surface area contributed by atoms with Gasteiger partial charge in [0.2, 0.25) is 0 Å². The van der Waals surface area contributed by atoms with Crippen molar-refractivity contribution in [3.05, 3.63) is 0 Å². The summed E-state index contributed by atoms with van der Waals surface area (Å²) in [7, 11) is -3.34. The zero-order valence-corrected chi connectivity index (χ0v) is 9.93. The summed E-state index contributed by atoms with van der Waals surface area (Å²) in [6.07, 6.45) is 2.54. The smallest absolute Gasteiger partial charge is 0.324 e. The first kappa shape index (κ1) is 13.2. The van der Waals surface area contributed by atoms with Crippen molar-refractivity contribution < 1.29 is 14.0 Å². The monoisotopic (exact) mass is 208 g/mol. The van der Waals surface area contributed by atoms with Crippen LogP contribution in [0.4, 0.5) is 0 Å². The lowest BCUT2D eigenvalue weighted by Crippen LogP contribution is -2.29. The minimum absolute atomic E-state index is 0.189. The highest BCUT2D eigenvalue weighted by atomic mass is 31.2. The molecule has 4 heteroatoms. The quantitative estimate of drug-likeness (QED) is 0.682. The molecule has 0 aliphatic carbocycles. The van der Waals surface area contributed by atoms with Gasteiger partial charge in [-0.3, -0.25) is 4.57 Å². The van der Waals surface area contributed by atoms with Gasteiger partial charge in [-0.15, -0.1) is 0 Å². The van der Waals surface area contributed by atoms with Gasteiger partial charge in [-0.2, -0.15) is 0 Å². The second-order valence-electron chi connectivity index (χ2n) is 3.29. The van der Waals surface area contributed by atoms with Gasteiger partial charge in [0.05, 0.1) is 5.60 Å². The maximum atomic E-state index is 11.4. The molecule has 0 saturated heterocycles. The molecule has 0 fully saturated rings. The molecule has 1 N–H and O–H groups in total. The van der Waals surface area contributed by atoms with E-state index >= 15 is 0 Å². The van der Waals surface area contributed by atoms with Crippen molar-refractivity contribution in [1.82, 2.24) is 0 Å². The van der Waals surface area contributed by atoms with E-state index < -0.39 is 13.2 Å². The zero-order valence-electron chi connectivity index (χ0n) is 9.04. The second kappa shape index (κ2) is 5.14. The van der Waals surface area contributed by atoms with Crippen LogP contribution in [-0.2, 0) is 9.09 Å². The van der Waals surface area contributed by atoms with Crippen LogP contribution in [0.2, 0.25) is 0 Å². The standard InChI is InChI=1S/C9H21O3P/c1-5-9(6-2,7-3)12-13(10,11)8-4/h5-8H2,1-4H3,(H,10,11). The summed E-state index contributed by atoms with van der Waals surface area (Å²) in [5, 5.41) is 0. The molecule has 13 heavy (non-hydrogen) atoms. The highest BCUT2D eigenvalue weighted by Gasteiger charge is 2.32. The molecule has 0 aromatic rings. The molecular weight excluding hydrogens is 187 g/mol. The van der Waals surface area contributed by atoms with Gasteiger partial charge in [0.15, 0.2) is 0 Å². The molecule has 1 atom stereocenters. The van der Waals surface area contributed by atoms with Crippen molar-refractivity contribution in [1.29, 1.82) is 0 Å². The molecule has 0 aliphatic heterocycles. The fourth-order valence-electron chi connectivity index (χ4n) is 1.31. The van der Waals surface area contributed by atoms with E-state index in [2.05, 4.69) is 0 Å². The maximum absolute atomic E-state index is 11.4. The summed E-state index contributed by atoms with van der Waals surface area (Å²) in [4.78, 5) is 9.39. The summed E-state index contributed by atoms with van der Waals surface area (Å²) in [6.45, 7) is 7.64. The summed E-state index contributed by atoms with van der Waals surface area (Å²) in [5.41, 5.74) is -0.402. The highest BCUT2D eigenvalue weighted by Crippen LogP contribution is 2.48. The summed E-state index contributed by atoms with van der Waals surface area (Å²) in [6, 6.07) is 0. The van der Waals surface area contributed by atoms with Gasteiger partial charge in [0.1, 0.15) is 0 Å². The number of rotatable bonds is 6. The Morgan fingerprint density at radius 1 is 1.15 bits per heavy atom. The first-order valence-corrected chi connectivity index (χ1v) is 6.74. The van der Waals surface area contributed by atoms with Crippen LogP contribution in [0.5, 0.6) is 0 Å². The van der Waals surface area contributed by atoms with Crippen molar-refractivity contribution in [2.45, 2.75) is 52.6 Å². The Labute approximate surface area is 81.0 Å². The third-order valence-electron chi connectivity index (χ3n) is 2.67. The Kier molecular flexibility index (Phi) is 5.19. The third kappa shape index (κ3) is 3.80. The molecule has 0 heterocycles. The van der Waals surface area contributed by atoms with Crippen LogP contribution >= 0.6 is 7.60 Å². The van der Waals surface area contributed by atoms with E-state index in [4.69, 9.17) is 4.52 Å². The Bertz CT molecular complexity index is 179. The molecule has 0 aliphatic rings.